The van der Waals surface area contributed by atoms with Gasteiger partial charge >= 0.3 is 6.09 Å². The molecule has 0 bridgehead atoms. The van der Waals surface area contributed by atoms with Gasteiger partial charge in [-0.1, -0.05) is 13.5 Å². The molecule has 1 aliphatic heterocycles. The predicted molar refractivity (Wildman–Crippen MR) is 130 cm³/mol. The van der Waals surface area contributed by atoms with Crippen LogP contribution in [-0.2, 0) is 4.74 Å². The predicted octanol–water partition coefficient (Wildman–Crippen LogP) is 3.34. The lowest BCUT2D eigenvalue weighted by atomic mass is 10.1. The van der Waals surface area contributed by atoms with Crippen molar-refractivity contribution in [1.29, 1.82) is 0 Å². The summed E-state index contributed by atoms with van der Waals surface area (Å²) in [5.41, 5.74) is -1.59. The molecule has 2 amide bonds. The number of carbonyl (C=O) groups is 2. The van der Waals surface area contributed by atoms with E-state index in [9.17, 15) is 27.6 Å². The molecule has 2 aromatic heterocycles. The van der Waals surface area contributed by atoms with Crippen LogP contribution in [-0.4, -0.2) is 59.7 Å². The summed E-state index contributed by atoms with van der Waals surface area (Å²) in [7, 11) is 1.29. The van der Waals surface area contributed by atoms with Gasteiger partial charge in [-0.25, -0.2) is 22.9 Å². The molecule has 0 atom stereocenters. The zero-order chi connectivity index (χ0) is 26.9. The number of pyridine rings is 2. The topological polar surface area (TPSA) is 96.8 Å². The van der Waals surface area contributed by atoms with E-state index in [0.29, 0.717) is 56.2 Å². The van der Waals surface area contributed by atoms with Gasteiger partial charge in [0.2, 0.25) is 5.43 Å². The van der Waals surface area contributed by atoms with Crippen LogP contribution in [0.2, 0.25) is 0 Å². The number of allylic oxidation sites excluding steroid dienone is 1. The van der Waals surface area contributed by atoms with Crippen molar-refractivity contribution in [2.75, 3.05) is 38.2 Å². The van der Waals surface area contributed by atoms with Gasteiger partial charge < -0.3 is 19.9 Å². The van der Waals surface area contributed by atoms with Gasteiger partial charge in [-0.2, -0.15) is 0 Å². The van der Waals surface area contributed by atoms with Crippen LogP contribution in [0.15, 0.2) is 47.5 Å². The first-order chi connectivity index (χ1) is 17.6. The number of methoxy groups -OCH3 is 1. The van der Waals surface area contributed by atoms with E-state index in [0.717, 1.165) is 10.8 Å². The Kier molecular flexibility index (Phi) is 7.18. The second-order valence-electron chi connectivity index (χ2n) is 8.36. The first-order valence-electron chi connectivity index (χ1n) is 11.4. The zero-order valence-corrected chi connectivity index (χ0v) is 20.2. The standard InChI is InChI=1S/C25H24F3N5O4/c1-4-14(2)29-24(35)17-13-33(21-18(27)11-15(26)12-19(21)28)23-16(22(17)34)5-6-20(30-23)31-7-9-32(10-8-31)25(36)37-3/h5-6,11-13H,2,4,7-10H2,1,3H3,(H,29,35). The lowest BCUT2D eigenvalue weighted by Gasteiger charge is -2.34. The van der Waals surface area contributed by atoms with Gasteiger partial charge in [0.15, 0.2) is 17.3 Å². The number of rotatable bonds is 5. The third-order valence-electron chi connectivity index (χ3n) is 6.06. The molecule has 0 unspecified atom stereocenters. The van der Waals surface area contributed by atoms with Gasteiger partial charge in [0.25, 0.3) is 5.91 Å². The fourth-order valence-corrected chi connectivity index (χ4v) is 4.03. The van der Waals surface area contributed by atoms with E-state index in [1.165, 1.54) is 18.1 Å². The SMILES string of the molecule is C=C(CC)NC(=O)c1cn(-c2c(F)cc(F)cc2F)c2nc(N3CCN(C(=O)OC)CC3)ccc2c1=O. The summed E-state index contributed by atoms with van der Waals surface area (Å²) in [4.78, 5) is 45.6. The fourth-order valence-electron chi connectivity index (χ4n) is 4.03. The number of nitrogens with one attached hydrogen (secondary N) is 1. The van der Waals surface area contributed by atoms with Crippen molar-refractivity contribution in [3.63, 3.8) is 0 Å². The lowest BCUT2D eigenvalue weighted by Crippen LogP contribution is -2.49. The average molecular weight is 515 g/mol. The molecule has 3 aromatic rings. The molecule has 1 N–H and O–H groups in total. The van der Waals surface area contributed by atoms with Crippen molar-refractivity contribution in [2.45, 2.75) is 13.3 Å². The van der Waals surface area contributed by atoms with E-state index in [1.807, 2.05) is 4.90 Å². The normalized spacial score (nSPS) is 13.5. The number of hydrogen-bond donors (Lipinski definition) is 1. The number of hydrogen-bond acceptors (Lipinski definition) is 6. The molecule has 1 aromatic carbocycles. The summed E-state index contributed by atoms with van der Waals surface area (Å²) in [6.45, 7) is 6.90. The van der Waals surface area contributed by atoms with Gasteiger partial charge in [-0.15, -0.1) is 0 Å². The molecule has 0 spiro atoms. The summed E-state index contributed by atoms with van der Waals surface area (Å²) >= 11 is 0. The van der Waals surface area contributed by atoms with Gasteiger partial charge in [-0.3, -0.25) is 14.2 Å². The van der Waals surface area contributed by atoms with Gasteiger partial charge in [0.05, 0.1) is 12.5 Å². The third-order valence-corrected chi connectivity index (χ3v) is 6.06. The Hall–Kier alpha value is -4.35. The first kappa shape index (κ1) is 25.7. The summed E-state index contributed by atoms with van der Waals surface area (Å²) in [6, 6.07) is 3.95. The van der Waals surface area contributed by atoms with Gasteiger partial charge in [0, 0.05) is 50.2 Å². The molecule has 0 saturated carbocycles. The molecule has 0 radical (unpaired) electrons. The number of ether oxygens (including phenoxy) is 1. The third kappa shape index (κ3) is 4.99. The fraction of sp³-hybridized carbons (Fsp3) is 0.280. The molecule has 1 saturated heterocycles. The highest BCUT2D eigenvalue weighted by Crippen LogP contribution is 2.25. The molecule has 3 heterocycles. The van der Waals surface area contributed by atoms with Crippen LogP contribution in [0.5, 0.6) is 0 Å². The summed E-state index contributed by atoms with van der Waals surface area (Å²) < 4.78 is 49.0. The van der Waals surface area contributed by atoms with Crippen molar-refractivity contribution >= 4 is 28.9 Å². The highest BCUT2D eigenvalue weighted by atomic mass is 19.1. The maximum Gasteiger partial charge on any atom is 0.409 e. The molecule has 1 fully saturated rings. The van der Waals surface area contributed by atoms with Crippen molar-refractivity contribution in [2.24, 2.45) is 0 Å². The van der Waals surface area contributed by atoms with Crippen LogP contribution in [0.3, 0.4) is 0 Å². The first-order valence-corrected chi connectivity index (χ1v) is 11.4. The molecular weight excluding hydrogens is 491 g/mol. The molecular formula is C25H24F3N5O4. The minimum Gasteiger partial charge on any atom is -0.453 e. The quantitative estimate of drug-likeness (QED) is 0.560. The second kappa shape index (κ2) is 10.3. The summed E-state index contributed by atoms with van der Waals surface area (Å²) in [5.74, 6) is -4.04. The smallest absolute Gasteiger partial charge is 0.409 e. The maximum atomic E-state index is 14.8. The van der Waals surface area contributed by atoms with Crippen LogP contribution in [0.1, 0.15) is 23.7 Å². The van der Waals surface area contributed by atoms with Crippen LogP contribution >= 0.6 is 0 Å². The molecule has 12 heteroatoms. The van der Waals surface area contributed by atoms with Crippen LogP contribution < -0.4 is 15.6 Å². The molecule has 9 nitrogen and oxygen atoms in total. The number of piperazine rings is 1. The number of fused-ring (bicyclic) bond motifs is 1. The summed E-state index contributed by atoms with van der Waals surface area (Å²) in [5, 5.41) is 2.41. The van der Waals surface area contributed by atoms with E-state index in [4.69, 9.17) is 4.74 Å². The molecule has 0 aliphatic carbocycles. The minimum absolute atomic E-state index is 0.0742. The van der Waals surface area contributed by atoms with Gasteiger partial charge in [-0.05, 0) is 18.6 Å². The number of nitrogens with zero attached hydrogens (tertiary/aromatic N) is 4. The Labute approximate surface area is 209 Å². The highest BCUT2D eigenvalue weighted by molar-refractivity contribution is 5.98. The highest BCUT2D eigenvalue weighted by Gasteiger charge is 2.25. The number of benzene rings is 1. The number of amides is 2. The van der Waals surface area contributed by atoms with Crippen molar-refractivity contribution in [3.8, 4) is 5.69 Å². The van der Waals surface area contributed by atoms with Crippen molar-refractivity contribution < 1.29 is 27.5 Å². The Morgan fingerprint density at radius 2 is 1.76 bits per heavy atom. The Morgan fingerprint density at radius 1 is 1.11 bits per heavy atom. The molecule has 1 aliphatic rings. The van der Waals surface area contributed by atoms with Crippen molar-refractivity contribution in [1.82, 2.24) is 19.8 Å². The van der Waals surface area contributed by atoms with Crippen molar-refractivity contribution in [3.05, 3.63) is 76.0 Å². The number of aromatic nitrogens is 2. The van der Waals surface area contributed by atoms with E-state index in [2.05, 4.69) is 16.9 Å². The van der Waals surface area contributed by atoms with E-state index in [1.54, 1.807) is 13.0 Å². The van der Waals surface area contributed by atoms with E-state index < -0.39 is 46.1 Å². The van der Waals surface area contributed by atoms with Crippen LogP contribution in [0.25, 0.3) is 16.7 Å². The molecule has 194 valence electrons. The van der Waals surface area contributed by atoms with Crippen LogP contribution in [0.4, 0.5) is 23.8 Å². The number of carbonyl (C=O) groups excluding carboxylic acids is 2. The minimum atomic E-state index is -1.24. The lowest BCUT2D eigenvalue weighted by molar-refractivity contribution is 0.0963. The van der Waals surface area contributed by atoms with E-state index >= 15 is 0 Å². The van der Waals surface area contributed by atoms with Gasteiger partial charge in [0.1, 0.15) is 22.9 Å². The monoisotopic (exact) mass is 515 g/mol. The number of halogens is 3. The Bertz CT molecular complexity index is 1440. The zero-order valence-electron chi connectivity index (χ0n) is 20.2. The average Bonchev–Trinajstić information content (AvgIpc) is 2.88. The Morgan fingerprint density at radius 3 is 2.35 bits per heavy atom. The maximum absolute atomic E-state index is 14.8. The van der Waals surface area contributed by atoms with Crippen LogP contribution in [0, 0.1) is 17.5 Å². The largest absolute Gasteiger partial charge is 0.453 e. The number of anilines is 1. The summed E-state index contributed by atoms with van der Waals surface area (Å²) in [6.07, 6.45) is 0.927. The van der Waals surface area contributed by atoms with E-state index in [-0.39, 0.29) is 11.0 Å². The molecule has 37 heavy (non-hydrogen) atoms. The second-order valence-corrected chi connectivity index (χ2v) is 8.36. The Balaban J connectivity index is 1.87. The molecule has 4 rings (SSSR count).